The van der Waals surface area contributed by atoms with Gasteiger partial charge in [0.25, 0.3) is 5.91 Å². The second-order valence-corrected chi connectivity index (χ2v) is 18.0. The predicted octanol–water partition coefficient (Wildman–Crippen LogP) is 7.70. The van der Waals surface area contributed by atoms with Crippen molar-refractivity contribution in [2.45, 2.75) is 122 Å². The summed E-state index contributed by atoms with van der Waals surface area (Å²) in [5.74, 6) is 4.02. The van der Waals surface area contributed by atoms with Crippen molar-refractivity contribution in [1.82, 2.24) is 9.80 Å². The fourth-order valence-electron chi connectivity index (χ4n) is 13.1. The van der Waals surface area contributed by atoms with Gasteiger partial charge in [-0.2, -0.15) is 0 Å². The number of benzene rings is 2. The minimum atomic E-state index is -0.380. The molecule has 2 N–H and O–H groups in total. The fourth-order valence-corrected chi connectivity index (χ4v) is 13.1. The molecule has 6 fully saturated rings. The molecule has 6 nitrogen and oxygen atoms in total. The molecule has 2 aromatic rings. The van der Waals surface area contributed by atoms with E-state index in [9.17, 15) is 19.8 Å². The van der Waals surface area contributed by atoms with Crippen LogP contribution >= 0.6 is 0 Å². The lowest BCUT2D eigenvalue weighted by molar-refractivity contribution is -0.156. The third-order valence-electron chi connectivity index (χ3n) is 16.0. The Kier molecular flexibility index (Phi) is 8.91. The largest absolute Gasteiger partial charge is 0.393 e. The van der Waals surface area contributed by atoms with Crippen molar-refractivity contribution < 1.29 is 19.8 Å². The van der Waals surface area contributed by atoms with Crippen molar-refractivity contribution >= 4 is 22.6 Å². The summed E-state index contributed by atoms with van der Waals surface area (Å²) in [5.41, 5.74) is 1.07. The molecule has 2 aliphatic heterocycles. The Labute approximate surface area is 294 Å². The Morgan fingerprint density at radius 2 is 1.59 bits per heavy atom. The molecule has 2 saturated heterocycles. The van der Waals surface area contributed by atoms with E-state index in [1.165, 1.54) is 25.7 Å². The molecular formula is C43H60N2O4. The average Bonchev–Trinajstić information content (AvgIpc) is 3.62. The summed E-state index contributed by atoms with van der Waals surface area (Å²) in [7, 11) is 0. The number of carbonyl (C=O) groups is 2. The van der Waals surface area contributed by atoms with Crippen molar-refractivity contribution in [3.05, 3.63) is 48.0 Å². The van der Waals surface area contributed by atoms with E-state index in [4.69, 9.17) is 0 Å². The molecule has 12 unspecified atom stereocenters. The predicted molar refractivity (Wildman–Crippen MR) is 194 cm³/mol. The van der Waals surface area contributed by atoms with E-state index in [0.29, 0.717) is 47.6 Å². The summed E-state index contributed by atoms with van der Waals surface area (Å²) in [6.45, 7) is 9.52. The SMILES string of the molecule is CC(C1CCCN(C(=O)C2CCCN2C(=O)c2cccc3ccccc23)CC1)C1CC2(C)C(CCC3C4CCC(O)C4(C)CCC32)CC1O. The Morgan fingerprint density at radius 3 is 2.45 bits per heavy atom. The lowest BCUT2D eigenvalue weighted by Crippen LogP contribution is -2.56. The summed E-state index contributed by atoms with van der Waals surface area (Å²) < 4.78 is 0. The number of aliphatic hydroxyl groups is 2. The summed E-state index contributed by atoms with van der Waals surface area (Å²) in [4.78, 5) is 31.9. The molecule has 12 atom stereocenters. The quantitative estimate of drug-likeness (QED) is 0.350. The summed E-state index contributed by atoms with van der Waals surface area (Å²) in [6, 6.07) is 13.5. The molecule has 0 spiro atoms. The van der Waals surface area contributed by atoms with E-state index in [1.54, 1.807) is 0 Å². The van der Waals surface area contributed by atoms with Crippen LogP contribution in [0.3, 0.4) is 0 Å². The van der Waals surface area contributed by atoms with E-state index in [0.717, 1.165) is 87.6 Å². The third kappa shape index (κ3) is 5.57. The van der Waals surface area contributed by atoms with Gasteiger partial charge in [-0.1, -0.05) is 57.2 Å². The zero-order chi connectivity index (χ0) is 34.1. The zero-order valence-corrected chi connectivity index (χ0v) is 30.2. The van der Waals surface area contributed by atoms with Crippen LogP contribution < -0.4 is 0 Å². The molecule has 6 aliphatic rings. The molecule has 6 heteroatoms. The van der Waals surface area contributed by atoms with Gasteiger partial charge in [0.05, 0.1) is 12.2 Å². The molecule has 2 heterocycles. The number of hydrogen-bond donors (Lipinski definition) is 2. The molecular weight excluding hydrogens is 608 g/mol. The second-order valence-electron chi connectivity index (χ2n) is 18.0. The topological polar surface area (TPSA) is 81.1 Å². The molecule has 2 amide bonds. The Bertz CT molecular complexity index is 1550. The molecule has 4 saturated carbocycles. The van der Waals surface area contributed by atoms with Crippen molar-refractivity contribution in [3.63, 3.8) is 0 Å². The fraction of sp³-hybridized carbons (Fsp3) is 0.721. The first-order valence-corrected chi connectivity index (χ1v) is 20.0. The molecule has 2 aromatic carbocycles. The number of nitrogens with zero attached hydrogens (tertiary/aromatic N) is 2. The van der Waals surface area contributed by atoms with Crippen molar-refractivity contribution in [1.29, 1.82) is 0 Å². The number of likely N-dealkylation sites (tertiary alicyclic amines) is 2. The van der Waals surface area contributed by atoms with Gasteiger partial charge < -0.3 is 20.0 Å². The zero-order valence-electron chi connectivity index (χ0n) is 30.2. The van der Waals surface area contributed by atoms with Gasteiger partial charge >= 0.3 is 0 Å². The minimum absolute atomic E-state index is 0.0243. The molecule has 49 heavy (non-hydrogen) atoms. The molecule has 4 aliphatic carbocycles. The van der Waals surface area contributed by atoms with E-state index >= 15 is 0 Å². The van der Waals surface area contributed by atoms with Gasteiger partial charge in [0.15, 0.2) is 0 Å². The van der Waals surface area contributed by atoms with Gasteiger partial charge in [0, 0.05) is 25.2 Å². The van der Waals surface area contributed by atoms with Crippen LogP contribution in [0.5, 0.6) is 0 Å². The number of hydrogen-bond acceptors (Lipinski definition) is 4. The normalized spacial score (nSPS) is 41.4. The summed E-state index contributed by atoms with van der Waals surface area (Å²) in [6.07, 6.45) is 13.4. The Balaban J connectivity index is 0.932. The molecule has 0 aromatic heterocycles. The highest BCUT2D eigenvalue weighted by Gasteiger charge is 2.61. The lowest BCUT2D eigenvalue weighted by atomic mass is 9.43. The smallest absolute Gasteiger partial charge is 0.255 e. The first-order chi connectivity index (χ1) is 23.6. The average molecular weight is 669 g/mol. The molecule has 0 radical (unpaired) electrons. The summed E-state index contributed by atoms with van der Waals surface area (Å²) >= 11 is 0. The van der Waals surface area contributed by atoms with Gasteiger partial charge in [0.1, 0.15) is 6.04 Å². The van der Waals surface area contributed by atoms with Crippen LogP contribution in [0.25, 0.3) is 10.8 Å². The number of carbonyl (C=O) groups excluding carboxylic acids is 2. The second kappa shape index (κ2) is 13.0. The Morgan fingerprint density at radius 1 is 0.816 bits per heavy atom. The maximum atomic E-state index is 14.1. The van der Waals surface area contributed by atoms with Crippen LogP contribution in [0.4, 0.5) is 0 Å². The van der Waals surface area contributed by atoms with Crippen LogP contribution in [0, 0.1) is 52.3 Å². The highest BCUT2D eigenvalue weighted by Crippen LogP contribution is 2.67. The Hall–Kier alpha value is -2.44. The maximum absolute atomic E-state index is 14.1. The van der Waals surface area contributed by atoms with E-state index in [-0.39, 0.29) is 40.9 Å². The first-order valence-electron chi connectivity index (χ1n) is 20.0. The van der Waals surface area contributed by atoms with Crippen LogP contribution in [0.2, 0.25) is 0 Å². The third-order valence-corrected chi connectivity index (χ3v) is 16.0. The minimum Gasteiger partial charge on any atom is -0.393 e. The van der Waals surface area contributed by atoms with Gasteiger partial charge in [-0.3, -0.25) is 9.59 Å². The van der Waals surface area contributed by atoms with Gasteiger partial charge in [0.2, 0.25) is 5.91 Å². The monoisotopic (exact) mass is 668 g/mol. The van der Waals surface area contributed by atoms with Crippen LogP contribution in [-0.2, 0) is 4.79 Å². The molecule has 8 rings (SSSR count). The van der Waals surface area contributed by atoms with Crippen molar-refractivity contribution in [2.75, 3.05) is 19.6 Å². The van der Waals surface area contributed by atoms with Gasteiger partial charge in [-0.15, -0.1) is 0 Å². The standard InChI is InChI=1S/C43H60N2O4/c1-27(34-26-43(3)30(25-38(34)46)15-16-33-35-17-18-39(47)42(35,2)21-19-36(33)43)28-11-7-22-44(24-20-28)41(49)37-14-8-23-45(37)40(48)32-13-6-10-29-9-4-5-12-31(29)32/h4-6,9-10,12-13,27-28,30,33-39,46-47H,7-8,11,14-26H2,1-3H3. The molecule has 266 valence electrons. The summed E-state index contributed by atoms with van der Waals surface area (Å²) in [5, 5.41) is 24.7. The van der Waals surface area contributed by atoms with E-state index in [2.05, 4.69) is 25.7 Å². The van der Waals surface area contributed by atoms with Crippen LogP contribution in [0.1, 0.15) is 115 Å². The van der Waals surface area contributed by atoms with E-state index < -0.39 is 0 Å². The highest BCUT2D eigenvalue weighted by molar-refractivity contribution is 6.08. The van der Waals surface area contributed by atoms with Crippen molar-refractivity contribution in [3.8, 4) is 0 Å². The van der Waals surface area contributed by atoms with Gasteiger partial charge in [-0.25, -0.2) is 0 Å². The van der Waals surface area contributed by atoms with Crippen LogP contribution in [0.15, 0.2) is 42.5 Å². The molecule has 0 bridgehead atoms. The maximum Gasteiger partial charge on any atom is 0.255 e. The van der Waals surface area contributed by atoms with Crippen LogP contribution in [-0.4, -0.2) is 69.7 Å². The van der Waals surface area contributed by atoms with Crippen molar-refractivity contribution in [2.24, 2.45) is 52.3 Å². The number of rotatable bonds is 4. The number of aliphatic hydroxyl groups excluding tert-OH is 2. The number of amides is 2. The van der Waals surface area contributed by atoms with Gasteiger partial charge in [-0.05, 0) is 153 Å². The highest BCUT2D eigenvalue weighted by atomic mass is 16.3. The lowest BCUT2D eigenvalue weighted by Gasteiger charge is -2.62. The van der Waals surface area contributed by atoms with E-state index in [1.807, 2.05) is 47.4 Å². The first kappa shape index (κ1) is 33.7. The number of fused-ring (bicyclic) bond motifs is 6.